The first kappa shape index (κ1) is 17.1. The van der Waals surface area contributed by atoms with Crippen LogP contribution in [0.5, 0.6) is 0 Å². The number of carbonyl (C=O) groups excluding carboxylic acids is 2. The predicted molar refractivity (Wildman–Crippen MR) is 103 cm³/mol. The molecule has 134 valence electrons. The second-order valence-corrected chi connectivity index (χ2v) is 6.41. The van der Waals surface area contributed by atoms with Gasteiger partial charge in [0.25, 0.3) is 5.91 Å². The van der Waals surface area contributed by atoms with Crippen LogP contribution in [0.25, 0.3) is 23.0 Å². The van der Waals surface area contributed by atoms with Crippen LogP contribution >= 0.6 is 11.6 Å². The molecule has 1 aliphatic heterocycles. The standard InChI is InChI=1S/C21H14ClNO4/c1-26-21(25)13-4-2-12(3-5-13)19-9-7-15(27-19)11-17-16-10-14(22)6-8-18(16)23-20(17)24/h2-11H,1H3,(H,23,24)/b17-11-. The monoisotopic (exact) mass is 379 g/mol. The molecule has 0 radical (unpaired) electrons. The molecule has 6 heteroatoms. The number of furan rings is 1. The normalized spacial score (nSPS) is 14.1. The number of carbonyl (C=O) groups is 2. The maximum atomic E-state index is 12.2. The second kappa shape index (κ2) is 6.78. The summed E-state index contributed by atoms with van der Waals surface area (Å²) < 4.78 is 10.5. The molecule has 2 aromatic carbocycles. The van der Waals surface area contributed by atoms with E-state index in [1.807, 2.05) is 6.07 Å². The quantitative estimate of drug-likeness (QED) is 0.520. The summed E-state index contributed by atoms with van der Waals surface area (Å²) in [5.41, 5.74) is 3.24. The van der Waals surface area contributed by atoms with E-state index in [0.29, 0.717) is 27.7 Å². The van der Waals surface area contributed by atoms with Crippen LogP contribution in [-0.4, -0.2) is 19.0 Å². The van der Waals surface area contributed by atoms with Gasteiger partial charge in [-0.3, -0.25) is 4.79 Å². The molecular formula is C21H14ClNO4. The summed E-state index contributed by atoms with van der Waals surface area (Å²) in [7, 11) is 1.34. The van der Waals surface area contributed by atoms with E-state index in [0.717, 1.165) is 16.8 Å². The van der Waals surface area contributed by atoms with Crippen molar-refractivity contribution in [2.75, 3.05) is 12.4 Å². The number of halogens is 1. The van der Waals surface area contributed by atoms with Gasteiger partial charge in [-0.05, 0) is 48.5 Å². The number of amides is 1. The Balaban J connectivity index is 1.64. The highest BCUT2D eigenvalue weighted by Crippen LogP contribution is 2.35. The van der Waals surface area contributed by atoms with Gasteiger partial charge in [-0.1, -0.05) is 23.7 Å². The molecule has 2 heterocycles. The summed E-state index contributed by atoms with van der Waals surface area (Å²) in [5, 5.41) is 3.36. The van der Waals surface area contributed by atoms with Crippen LogP contribution in [0.3, 0.4) is 0 Å². The number of fused-ring (bicyclic) bond motifs is 1. The molecule has 0 fully saturated rings. The van der Waals surface area contributed by atoms with Crippen molar-refractivity contribution in [3.05, 3.63) is 76.5 Å². The lowest BCUT2D eigenvalue weighted by Crippen LogP contribution is -2.03. The van der Waals surface area contributed by atoms with Crippen LogP contribution in [-0.2, 0) is 9.53 Å². The number of hydrogen-bond acceptors (Lipinski definition) is 4. The summed E-state index contributed by atoms with van der Waals surface area (Å²) in [5.74, 6) is 0.576. The molecule has 0 unspecified atom stereocenters. The molecule has 1 aliphatic rings. The van der Waals surface area contributed by atoms with E-state index < -0.39 is 5.97 Å². The number of benzene rings is 2. The van der Waals surface area contributed by atoms with Gasteiger partial charge in [-0.25, -0.2) is 4.79 Å². The summed E-state index contributed by atoms with van der Waals surface area (Å²) in [6.45, 7) is 0. The first-order chi connectivity index (χ1) is 13.0. The number of hydrogen-bond donors (Lipinski definition) is 1. The average molecular weight is 380 g/mol. The van der Waals surface area contributed by atoms with Crippen molar-refractivity contribution in [3.63, 3.8) is 0 Å². The van der Waals surface area contributed by atoms with E-state index in [9.17, 15) is 9.59 Å². The van der Waals surface area contributed by atoms with Gasteiger partial charge < -0.3 is 14.5 Å². The molecule has 1 aromatic heterocycles. The van der Waals surface area contributed by atoms with Gasteiger partial charge in [0.05, 0.1) is 18.2 Å². The van der Waals surface area contributed by atoms with Gasteiger partial charge >= 0.3 is 5.97 Å². The van der Waals surface area contributed by atoms with Crippen LogP contribution in [0.15, 0.2) is 59.0 Å². The van der Waals surface area contributed by atoms with Crippen molar-refractivity contribution in [3.8, 4) is 11.3 Å². The zero-order valence-electron chi connectivity index (χ0n) is 14.3. The molecule has 0 spiro atoms. The van der Waals surface area contributed by atoms with Gasteiger partial charge in [0.15, 0.2) is 0 Å². The van der Waals surface area contributed by atoms with Gasteiger partial charge in [-0.15, -0.1) is 0 Å². The zero-order chi connectivity index (χ0) is 19.0. The largest absolute Gasteiger partial charge is 0.465 e. The van der Waals surface area contributed by atoms with Crippen molar-refractivity contribution in [2.24, 2.45) is 0 Å². The number of nitrogens with one attached hydrogen (secondary N) is 1. The Morgan fingerprint density at radius 1 is 1.11 bits per heavy atom. The van der Waals surface area contributed by atoms with Gasteiger partial charge in [-0.2, -0.15) is 0 Å². The van der Waals surface area contributed by atoms with Crippen LogP contribution in [0.1, 0.15) is 21.7 Å². The summed E-state index contributed by atoms with van der Waals surface area (Å²) >= 11 is 6.05. The molecular weight excluding hydrogens is 366 g/mol. The molecule has 27 heavy (non-hydrogen) atoms. The van der Waals surface area contributed by atoms with Crippen molar-refractivity contribution < 1.29 is 18.7 Å². The number of esters is 1. The van der Waals surface area contributed by atoms with Crippen LogP contribution < -0.4 is 5.32 Å². The maximum absolute atomic E-state index is 12.2. The highest BCUT2D eigenvalue weighted by Gasteiger charge is 2.24. The van der Waals surface area contributed by atoms with Crippen LogP contribution in [0.2, 0.25) is 5.02 Å². The summed E-state index contributed by atoms with van der Waals surface area (Å²) in [6.07, 6.45) is 1.68. The molecule has 0 atom stereocenters. The van der Waals surface area contributed by atoms with Crippen molar-refractivity contribution in [1.29, 1.82) is 0 Å². The third kappa shape index (κ3) is 3.25. The van der Waals surface area contributed by atoms with Crippen molar-refractivity contribution >= 4 is 40.8 Å². The van der Waals surface area contributed by atoms with E-state index in [2.05, 4.69) is 5.32 Å². The third-order valence-electron chi connectivity index (χ3n) is 4.27. The number of ether oxygens (including phenoxy) is 1. The van der Waals surface area contributed by atoms with Gasteiger partial charge in [0.1, 0.15) is 11.5 Å². The lowest BCUT2D eigenvalue weighted by Gasteiger charge is -2.01. The number of anilines is 1. The summed E-state index contributed by atoms with van der Waals surface area (Å²) in [4.78, 5) is 23.8. The first-order valence-electron chi connectivity index (χ1n) is 8.17. The van der Waals surface area contributed by atoms with Gasteiger partial charge in [0.2, 0.25) is 0 Å². The Hall–Kier alpha value is -3.31. The van der Waals surface area contributed by atoms with E-state index >= 15 is 0 Å². The molecule has 0 bridgehead atoms. The van der Waals surface area contributed by atoms with Crippen molar-refractivity contribution in [2.45, 2.75) is 0 Å². The lowest BCUT2D eigenvalue weighted by atomic mass is 10.1. The Morgan fingerprint density at radius 2 is 1.89 bits per heavy atom. The average Bonchev–Trinajstić information content (AvgIpc) is 3.27. The second-order valence-electron chi connectivity index (χ2n) is 5.97. The molecule has 5 nitrogen and oxygen atoms in total. The Kier molecular flexibility index (Phi) is 4.30. The maximum Gasteiger partial charge on any atom is 0.337 e. The Bertz CT molecular complexity index is 1080. The fourth-order valence-electron chi connectivity index (χ4n) is 2.92. The first-order valence-corrected chi connectivity index (χ1v) is 8.54. The Labute approximate surface area is 160 Å². The minimum absolute atomic E-state index is 0.201. The minimum atomic E-state index is -0.393. The van der Waals surface area contributed by atoms with E-state index in [-0.39, 0.29) is 5.91 Å². The zero-order valence-corrected chi connectivity index (χ0v) is 15.0. The molecule has 1 N–H and O–H groups in total. The molecule has 0 saturated heterocycles. The highest BCUT2D eigenvalue weighted by atomic mass is 35.5. The summed E-state index contributed by atoms with van der Waals surface area (Å²) in [6, 6.07) is 15.7. The van der Waals surface area contributed by atoms with E-state index in [4.69, 9.17) is 20.8 Å². The fourth-order valence-corrected chi connectivity index (χ4v) is 3.09. The van der Waals surface area contributed by atoms with Gasteiger partial charge in [0, 0.05) is 21.8 Å². The van der Waals surface area contributed by atoms with Crippen LogP contribution in [0.4, 0.5) is 5.69 Å². The molecule has 0 saturated carbocycles. The Morgan fingerprint density at radius 3 is 2.63 bits per heavy atom. The SMILES string of the molecule is COC(=O)c1ccc(-c2ccc(/C=C3\C(=O)Nc4ccc(Cl)cc43)o2)cc1. The molecule has 3 aromatic rings. The topological polar surface area (TPSA) is 68.5 Å². The number of rotatable bonds is 3. The minimum Gasteiger partial charge on any atom is -0.465 e. The van der Waals surface area contributed by atoms with Crippen molar-refractivity contribution in [1.82, 2.24) is 0 Å². The molecule has 1 amide bonds. The van der Waals surface area contributed by atoms with Crippen LogP contribution in [0, 0.1) is 0 Å². The third-order valence-corrected chi connectivity index (χ3v) is 4.50. The lowest BCUT2D eigenvalue weighted by molar-refractivity contribution is -0.110. The van der Waals surface area contributed by atoms with E-state index in [1.165, 1.54) is 7.11 Å². The van der Waals surface area contributed by atoms with E-state index in [1.54, 1.807) is 54.6 Å². The highest BCUT2D eigenvalue weighted by molar-refractivity contribution is 6.36. The molecule has 0 aliphatic carbocycles. The number of methoxy groups -OCH3 is 1. The smallest absolute Gasteiger partial charge is 0.337 e. The predicted octanol–water partition coefficient (Wildman–Crippen LogP) is 4.88. The molecule has 4 rings (SSSR count). The fraction of sp³-hybridized carbons (Fsp3) is 0.0476.